The molecule has 2 rings (SSSR count). The molecule has 0 aromatic heterocycles. The molecule has 1 aliphatic carbocycles. The summed E-state index contributed by atoms with van der Waals surface area (Å²) in [5, 5.41) is 2.59. The number of nitrogens with one attached hydrogen (secondary N) is 1. The average Bonchev–Trinajstić information content (AvgIpc) is 2.24. The molecule has 3 atom stereocenters. The molecule has 3 heteroatoms. The molecule has 9 heavy (non-hydrogen) atoms. The number of halogens is 1. The van der Waals surface area contributed by atoms with Crippen molar-refractivity contribution >= 4 is 5.91 Å². The van der Waals surface area contributed by atoms with Crippen molar-refractivity contribution in [1.82, 2.24) is 5.32 Å². The Morgan fingerprint density at radius 2 is 2.33 bits per heavy atom. The van der Waals surface area contributed by atoms with E-state index < -0.39 is 6.17 Å². The predicted octanol–water partition coefficient (Wildman–Crippen LogP) is 0.233. The first-order valence-corrected chi connectivity index (χ1v) is 3.22. The van der Waals surface area contributed by atoms with Crippen molar-refractivity contribution in [2.75, 3.05) is 0 Å². The molecule has 2 nitrogen and oxygen atoms in total. The Kier molecular flexibility index (Phi) is 0.845. The molecular weight excluding hydrogens is 121 g/mol. The Labute approximate surface area is 52.4 Å². The van der Waals surface area contributed by atoms with Crippen LogP contribution in [-0.2, 0) is 4.79 Å². The molecule has 0 aromatic carbocycles. The fourth-order valence-electron chi connectivity index (χ4n) is 1.65. The first kappa shape index (κ1) is 5.21. The number of rotatable bonds is 0. The van der Waals surface area contributed by atoms with Crippen LogP contribution in [0.15, 0.2) is 0 Å². The van der Waals surface area contributed by atoms with Crippen molar-refractivity contribution in [1.29, 1.82) is 0 Å². The summed E-state index contributed by atoms with van der Waals surface area (Å²) in [7, 11) is 0. The zero-order valence-corrected chi connectivity index (χ0v) is 4.93. The van der Waals surface area contributed by atoms with E-state index in [0.717, 1.165) is 6.42 Å². The van der Waals surface area contributed by atoms with Gasteiger partial charge in [-0.15, -0.1) is 0 Å². The molecular formula is C6H8FNO. The lowest BCUT2D eigenvalue weighted by Gasteiger charge is -2.14. The monoisotopic (exact) mass is 129 g/mol. The Morgan fingerprint density at radius 1 is 1.56 bits per heavy atom. The van der Waals surface area contributed by atoms with Gasteiger partial charge in [0.25, 0.3) is 0 Å². The van der Waals surface area contributed by atoms with Crippen LogP contribution in [0.1, 0.15) is 12.8 Å². The van der Waals surface area contributed by atoms with Crippen LogP contribution in [0.25, 0.3) is 0 Å². The van der Waals surface area contributed by atoms with Crippen molar-refractivity contribution < 1.29 is 9.18 Å². The van der Waals surface area contributed by atoms with Crippen molar-refractivity contribution in [3.63, 3.8) is 0 Å². The maximum absolute atomic E-state index is 12.6. The van der Waals surface area contributed by atoms with E-state index in [1.54, 1.807) is 0 Å². The summed E-state index contributed by atoms with van der Waals surface area (Å²) in [6.45, 7) is 0. The van der Waals surface area contributed by atoms with Crippen LogP contribution in [0.3, 0.4) is 0 Å². The zero-order valence-electron chi connectivity index (χ0n) is 4.93. The van der Waals surface area contributed by atoms with Crippen LogP contribution in [0.4, 0.5) is 4.39 Å². The quantitative estimate of drug-likeness (QED) is 0.498. The van der Waals surface area contributed by atoms with Gasteiger partial charge in [0.05, 0.1) is 6.04 Å². The zero-order chi connectivity index (χ0) is 6.43. The molecule has 0 aromatic rings. The number of hydrogen-bond acceptors (Lipinski definition) is 1. The SMILES string of the molecule is O=C1N[C@H]2C[C@@H]1C[C@@H]2F. The number of hydrogen-bond donors (Lipinski definition) is 1. The summed E-state index contributed by atoms with van der Waals surface area (Å²) >= 11 is 0. The van der Waals surface area contributed by atoms with E-state index in [2.05, 4.69) is 5.32 Å². The number of fused-ring (bicyclic) bond motifs is 2. The average molecular weight is 129 g/mol. The number of carbonyl (C=O) groups is 1. The molecule has 0 unspecified atom stereocenters. The van der Waals surface area contributed by atoms with Gasteiger partial charge in [-0.25, -0.2) is 4.39 Å². The van der Waals surface area contributed by atoms with Gasteiger partial charge >= 0.3 is 0 Å². The van der Waals surface area contributed by atoms with E-state index in [0.29, 0.717) is 6.42 Å². The highest BCUT2D eigenvalue weighted by molar-refractivity contribution is 5.82. The van der Waals surface area contributed by atoms with Crippen LogP contribution in [-0.4, -0.2) is 18.1 Å². The standard InChI is InChI=1S/C6H8FNO/c7-4-1-3-2-5(4)8-6(3)9/h3-5H,1-2H2,(H,8,9)/t3-,4-,5-/m0/s1. The maximum atomic E-state index is 12.6. The smallest absolute Gasteiger partial charge is 0.223 e. The Bertz CT molecular complexity index is 157. The molecule has 50 valence electrons. The fraction of sp³-hybridized carbons (Fsp3) is 0.833. The normalized spacial score (nSPS) is 47.7. The molecule has 0 spiro atoms. The van der Waals surface area contributed by atoms with Crippen LogP contribution >= 0.6 is 0 Å². The van der Waals surface area contributed by atoms with E-state index >= 15 is 0 Å². The fourth-order valence-corrected chi connectivity index (χ4v) is 1.65. The van der Waals surface area contributed by atoms with Gasteiger partial charge in [0, 0.05) is 5.92 Å². The van der Waals surface area contributed by atoms with Crippen LogP contribution in [0.5, 0.6) is 0 Å². The van der Waals surface area contributed by atoms with Gasteiger partial charge in [-0.1, -0.05) is 0 Å². The second-order valence-corrected chi connectivity index (χ2v) is 2.80. The van der Waals surface area contributed by atoms with Crippen molar-refractivity contribution in [2.45, 2.75) is 25.1 Å². The van der Waals surface area contributed by atoms with Crippen LogP contribution < -0.4 is 5.32 Å². The highest BCUT2D eigenvalue weighted by Crippen LogP contribution is 2.33. The second kappa shape index (κ2) is 1.46. The molecule has 0 radical (unpaired) electrons. The third-order valence-corrected chi connectivity index (χ3v) is 2.18. The maximum Gasteiger partial charge on any atom is 0.223 e. The summed E-state index contributed by atoms with van der Waals surface area (Å²) in [5.41, 5.74) is 0. The molecule has 1 N–H and O–H groups in total. The van der Waals surface area contributed by atoms with E-state index in [4.69, 9.17) is 0 Å². The molecule has 2 aliphatic rings. The topological polar surface area (TPSA) is 29.1 Å². The molecule has 2 bridgehead atoms. The Balaban J connectivity index is 2.19. The number of alkyl halides is 1. The van der Waals surface area contributed by atoms with Crippen LogP contribution in [0.2, 0.25) is 0 Å². The highest BCUT2D eigenvalue weighted by atomic mass is 19.1. The van der Waals surface area contributed by atoms with Gasteiger partial charge in [-0.2, -0.15) is 0 Å². The van der Waals surface area contributed by atoms with Gasteiger partial charge in [0.15, 0.2) is 0 Å². The molecule has 1 saturated heterocycles. The first-order chi connectivity index (χ1) is 4.27. The predicted molar refractivity (Wildman–Crippen MR) is 29.6 cm³/mol. The van der Waals surface area contributed by atoms with Gasteiger partial charge in [0.2, 0.25) is 5.91 Å². The lowest BCUT2D eigenvalue weighted by molar-refractivity contribution is -0.124. The Morgan fingerprint density at radius 3 is 2.67 bits per heavy atom. The minimum Gasteiger partial charge on any atom is -0.350 e. The summed E-state index contributed by atoms with van der Waals surface area (Å²) in [4.78, 5) is 10.7. The summed E-state index contributed by atoms with van der Waals surface area (Å²) in [6, 6.07) is -0.150. The van der Waals surface area contributed by atoms with Crippen molar-refractivity contribution in [3.8, 4) is 0 Å². The van der Waals surface area contributed by atoms with Crippen molar-refractivity contribution in [3.05, 3.63) is 0 Å². The lowest BCUT2D eigenvalue weighted by atomic mass is 10.1. The largest absolute Gasteiger partial charge is 0.350 e. The van der Waals surface area contributed by atoms with Gasteiger partial charge < -0.3 is 5.32 Å². The number of carbonyl (C=O) groups excluding carboxylic acids is 1. The van der Waals surface area contributed by atoms with E-state index in [1.165, 1.54) is 0 Å². The third kappa shape index (κ3) is 0.573. The number of amides is 1. The van der Waals surface area contributed by atoms with Crippen LogP contribution in [0, 0.1) is 5.92 Å². The van der Waals surface area contributed by atoms with E-state index in [-0.39, 0.29) is 17.9 Å². The lowest BCUT2D eigenvalue weighted by Crippen LogP contribution is -2.37. The molecule has 1 aliphatic heterocycles. The van der Waals surface area contributed by atoms with Gasteiger partial charge in [-0.3, -0.25) is 4.79 Å². The van der Waals surface area contributed by atoms with E-state index in [1.807, 2.05) is 0 Å². The first-order valence-electron chi connectivity index (χ1n) is 3.22. The summed E-state index contributed by atoms with van der Waals surface area (Å²) in [5.74, 6) is 0.0406. The van der Waals surface area contributed by atoms with Crippen molar-refractivity contribution in [2.24, 2.45) is 5.92 Å². The van der Waals surface area contributed by atoms with Gasteiger partial charge in [-0.05, 0) is 12.8 Å². The molecule has 1 amide bonds. The second-order valence-electron chi connectivity index (χ2n) is 2.80. The van der Waals surface area contributed by atoms with Gasteiger partial charge in [0.1, 0.15) is 6.17 Å². The minimum atomic E-state index is -0.771. The number of piperidine rings is 1. The molecule has 2 fully saturated rings. The molecule has 1 saturated carbocycles. The van der Waals surface area contributed by atoms with E-state index in [9.17, 15) is 9.18 Å². The summed E-state index contributed by atoms with van der Waals surface area (Å²) < 4.78 is 12.6. The molecule has 1 heterocycles. The Hall–Kier alpha value is -0.600. The summed E-state index contributed by atoms with van der Waals surface area (Å²) in [6.07, 6.45) is 0.406. The highest BCUT2D eigenvalue weighted by Gasteiger charge is 2.45. The third-order valence-electron chi connectivity index (χ3n) is 2.18. The minimum absolute atomic E-state index is 0.00926.